The van der Waals surface area contributed by atoms with Crippen molar-refractivity contribution in [2.45, 2.75) is 378 Å². The molecule has 1 amide bonds. The van der Waals surface area contributed by atoms with Crippen LogP contribution in [0.25, 0.3) is 0 Å². The predicted octanol–water partition coefficient (Wildman–Crippen LogP) is 16.2. The van der Waals surface area contributed by atoms with Crippen LogP contribution in [0.4, 0.5) is 0 Å². The zero-order valence-corrected chi connectivity index (χ0v) is 47.3. The monoisotopic (exact) mass is 1010 g/mol. The maximum Gasteiger partial charge on any atom is 0.220 e. The Hall–Kier alpha value is -0.810. The molecule has 0 saturated carbocycles. The molecule has 1 aliphatic rings. The average Bonchev–Trinajstić information content (AvgIpc) is 3.37. The van der Waals surface area contributed by atoms with Crippen LogP contribution in [0, 0.1) is 0 Å². The number of ether oxygens (including phenoxy) is 2. The van der Waals surface area contributed by atoms with E-state index in [1.165, 1.54) is 270 Å². The van der Waals surface area contributed by atoms with Gasteiger partial charge in [0.25, 0.3) is 0 Å². The summed E-state index contributed by atoms with van der Waals surface area (Å²) in [6.07, 6.45) is 57.3. The number of carbonyl (C=O) groups is 1. The van der Waals surface area contributed by atoms with E-state index in [0.29, 0.717) is 12.8 Å². The van der Waals surface area contributed by atoms with Crippen LogP contribution in [-0.2, 0) is 14.3 Å². The number of hydrogen-bond acceptors (Lipinski definition) is 8. The highest BCUT2D eigenvalue weighted by Gasteiger charge is 2.44. The lowest BCUT2D eigenvalue weighted by atomic mass is 9.99. The number of carbonyl (C=O) groups excluding carboxylic acids is 1. The molecule has 1 aliphatic heterocycles. The Bertz CT molecular complexity index is 1080. The second-order valence-electron chi connectivity index (χ2n) is 22.6. The first-order valence-corrected chi connectivity index (χ1v) is 31.7. The Labute approximate surface area is 440 Å². The summed E-state index contributed by atoms with van der Waals surface area (Å²) in [7, 11) is 0. The molecule has 0 bridgehead atoms. The fourth-order valence-electron chi connectivity index (χ4n) is 10.7. The van der Waals surface area contributed by atoms with Gasteiger partial charge in [-0.2, -0.15) is 0 Å². The number of rotatable bonds is 56. The molecule has 6 N–H and O–H groups in total. The minimum Gasteiger partial charge on any atom is -0.394 e. The summed E-state index contributed by atoms with van der Waals surface area (Å²) >= 11 is 0. The molecule has 0 aromatic rings. The zero-order valence-electron chi connectivity index (χ0n) is 47.3. The average molecular weight is 1010 g/mol. The predicted molar refractivity (Wildman–Crippen MR) is 300 cm³/mol. The molecule has 1 heterocycles. The fraction of sp³-hybridized carbons (Fsp3) is 0.984. The van der Waals surface area contributed by atoms with Gasteiger partial charge >= 0.3 is 0 Å². The summed E-state index contributed by atoms with van der Waals surface area (Å²) in [4.78, 5) is 13.1. The number of hydrogen-bond donors (Lipinski definition) is 6. The normalized spacial score (nSPS) is 19.1. The smallest absolute Gasteiger partial charge is 0.220 e. The largest absolute Gasteiger partial charge is 0.394 e. The summed E-state index contributed by atoms with van der Waals surface area (Å²) in [6, 6.07) is -0.713. The van der Waals surface area contributed by atoms with Crippen molar-refractivity contribution < 1.29 is 39.8 Å². The first kappa shape index (κ1) is 68.2. The maximum absolute atomic E-state index is 13.1. The number of aliphatic hydroxyl groups excluding tert-OH is 5. The lowest BCUT2D eigenvalue weighted by Crippen LogP contribution is -2.60. The van der Waals surface area contributed by atoms with Crippen LogP contribution in [0.3, 0.4) is 0 Å². The Morgan fingerprint density at radius 2 is 0.704 bits per heavy atom. The number of unbranched alkanes of at least 4 members (excludes halogenated alkanes) is 46. The lowest BCUT2D eigenvalue weighted by molar-refractivity contribution is -0.302. The van der Waals surface area contributed by atoms with E-state index in [4.69, 9.17) is 9.47 Å². The van der Waals surface area contributed by atoms with Crippen molar-refractivity contribution in [1.29, 1.82) is 0 Å². The van der Waals surface area contributed by atoms with Crippen LogP contribution in [-0.4, -0.2) is 87.5 Å². The second-order valence-corrected chi connectivity index (χ2v) is 22.6. The first-order valence-electron chi connectivity index (χ1n) is 31.7. The third-order valence-corrected chi connectivity index (χ3v) is 15.7. The van der Waals surface area contributed by atoms with Crippen LogP contribution in [0.1, 0.15) is 335 Å². The number of nitrogens with one attached hydrogen (secondary N) is 1. The van der Waals surface area contributed by atoms with Crippen molar-refractivity contribution >= 4 is 5.91 Å². The van der Waals surface area contributed by atoms with E-state index in [1.807, 2.05) is 0 Å². The van der Waals surface area contributed by atoms with Gasteiger partial charge in [-0.25, -0.2) is 0 Å². The van der Waals surface area contributed by atoms with Gasteiger partial charge in [0.2, 0.25) is 5.91 Å². The number of aliphatic hydroxyl groups is 5. The van der Waals surface area contributed by atoms with Gasteiger partial charge in [-0.3, -0.25) is 4.79 Å². The molecule has 0 aromatic carbocycles. The maximum atomic E-state index is 13.1. The highest BCUT2D eigenvalue weighted by atomic mass is 16.7. The zero-order chi connectivity index (χ0) is 51.5. The van der Waals surface area contributed by atoms with Crippen LogP contribution in [0.15, 0.2) is 0 Å². The van der Waals surface area contributed by atoms with Crippen LogP contribution >= 0.6 is 0 Å². The molecule has 1 rings (SSSR count). The van der Waals surface area contributed by atoms with E-state index >= 15 is 0 Å². The van der Waals surface area contributed by atoms with Crippen molar-refractivity contribution in [1.82, 2.24) is 5.32 Å². The van der Waals surface area contributed by atoms with Gasteiger partial charge in [-0.05, 0) is 12.8 Å². The van der Waals surface area contributed by atoms with E-state index in [9.17, 15) is 30.3 Å². The Morgan fingerprint density at radius 1 is 0.423 bits per heavy atom. The SMILES string of the molecule is CCCCCCCCCCCCCCCCCCCCCCCCCCCCCCCCCCC(=O)N[C@@H](CO[C@@H]1O[C@H](CO)[C@H](O)C(O)C1O)[C@H](O)CCCCCCCCCCCCCCCCCC. The highest BCUT2D eigenvalue weighted by Crippen LogP contribution is 2.24. The summed E-state index contributed by atoms with van der Waals surface area (Å²) in [5.41, 5.74) is 0. The van der Waals surface area contributed by atoms with Gasteiger partial charge in [0.15, 0.2) is 6.29 Å². The molecule has 0 spiro atoms. The van der Waals surface area contributed by atoms with Crippen molar-refractivity contribution in [3.8, 4) is 0 Å². The highest BCUT2D eigenvalue weighted by molar-refractivity contribution is 5.76. The van der Waals surface area contributed by atoms with Gasteiger partial charge in [0.05, 0.1) is 25.4 Å². The minimum atomic E-state index is -1.55. The van der Waals surface area contributed by atoms with Crippen molar-refractivity contribution in [2.24, 2.45) is 0 Å². The third-order valence-electron chi connectivity index (χ3n) is 15.7. The molecule has 1 fully saturated rings. The molecular weight excluding hydrogens is 887 g/mol. The van der Waals surface area contributed by atoms with Gasteiger partial charge in [0, 0.05) is 6.42 Å². The van der Waals surface area contributed by atoms with Gasteiger partial charge in [-0.1, -0.05) is 316 Å². The molecule has 7 atom stereocenters. The van der Waals surface area contributed by atoms with E-state index in [-0.39, 0.29) is 12.5 Å². The van der Waals surface area contributed by atoms with Crippen molar-refractivity contribution in [3.63, 3.8) is 0 Å². The third kappa shape index (κ3) is 42.0. The Kier molecular flexibility index (Phi) is 50.6. The van der Waals surface area contributed by atoms with E-state index in [0.717, 1.165) is 38.5 Å². The summed E-state index contributed by atoms with van der Waals surface area (Å²) in [5.74, 6) is -0.135. The lowest BCUT2D eigenvalue weighted by Gasteiger charge is -2.40. The molecule has 1 saturated heterocycles. The van der Waals surface area contributed by atoms with Crippen LogP contribution in [0.2, 0.25) is 0 Å². The molecule has 424 valence electrons. The summed E-state index contributed by atoms with van der Waals surface area (Å²) in [5, 5.41) is 54.7. The van der Waals surface area contributed by atoms with Crippen LogP contribution < -0.4 is 5.32 Å². The fourth-order valence-corrected chi connectivity index (χ4v) is 10.7. The first-order chi connectivity index (χ1) is 34.8. The summed E-state index contributed by atoms with van der Waals surface area (Å²) in [6.45, 7) is 3.89. The van der Waals surface area contributed by atoms with Crippen molar-refractivity contribution in [2.75, 3.05) is 13.2 Å². The molecule has 9 heteroatoms. The van der Waals surface area contributed by atoms with Gasteiger partial charge in [-0.15, -0.1) is 0 Å². The molecule has 0 aliphatic carbocycles. The van der Waals surface area contributed by atoms with E-state index < -0.39 is 49.5 Å². The standard InChI is InChI=1S/C62H123NO8/c1-3-5-7-9-11-13-15-17-19-21-22-23-24-25-26-27-28-29-30-31-32-33-34-35-36-38-40-42-44-46-48-50-52-58(66)63-55(54-70-62-61(69)60(68)59(67)57(53-64)71-62)56(65)51-49-47-45-43-41-39-37-20-18-16-14-12-10-8-6-4-2/h55-57,59-62,64-65,67-69H,3-54H2,1-2H3,(H,63,66)/t55-,56+,57+,59-,60?,61?,62+/m0/s1. The van der Waals surface area contributed by atoms with Crippen molar-refractivity contribution in [3.05, 3.63) is 0 Å². The molecular formula is C62H123NO8. The molecule has 2 unspecified atom stereocenters. The summed E-state index contributed by atoms with van der Waals surface area (Å²) < 4.78 is 11.3. The number of amides is 1. The molecule has 0 aromatic heterocycles. The molecule has 71 heavy (non-hydrogen) atoms. The Morgan fingerprint density at radius 3 is 1.00 bits per heavy atom. The van der Waals surface area contributed by atoms with Gasteiger partial charge in [0.1, 0.15) is 24.4 Å². The molecule has 9 nitrogen and oxygen atoms in total. The van der Waals surface area contributed by atoms with Crippen LogP contribution in [0.5, 0.6) is 0 Å². The Balaban J connectivity index is 2.08. The topological polar surface area (TPSA) is 149 Å². The van der Waals surface area contributed by atoms with E-state index in [2.05, 4.69) is 19.2 Å². The van der Waals surface area contributed by atoms with Gasteiger partial charge < -0.3 is 40.3 Å². The second kappa shape index (κ2) is 52.6. The minimum absolute atomic E-state index is 0.131. The van der Waals surface area contributed by atoms with E-state index in [1.54, 1.807) is 0 Å². The quantitative estimate of drug-likeness (QED) is 0.0330. The molecule has 0 radical (unpaired) electrons.